The van der Waals surface area contributed by atoms with E-state index in [-0.39, 0.29) is 5.75 Å². The molecule has 106 valence electrons. The minimum atomic E-state index is -4.70. The molecule has 2 aromatic carbocycles. The molecule has 2 rings (SSSR count). The summed E-state index contributed by atoms with van der Waals surface area (Å²) in [4.78, 5) is 0. The molecule has 0 atom stereocenters. The Morgan fingerprint density at radius 2 is 1.55 bits per heavy atom. The summed E-state index contributed by atoms with van der Waals surface area (Å²) in [6, 6.07) is 10.6. The summed E-state index contributed by atoms with van der Waals surface area (Å²) in [6.45, 7) is 0. The van der Waals surface area contributed by atoms with Crippen molar-refractivity contribution in [3.05, 3.63) is 42.5 Å². The van der Waals surface area contributed by atoms with Gasteiger partial charge >= 0.3 is 6.36 Å². The summed E-state index contributed by atoms with van der Waals surface area (Å²) in [5, 5.41) is 0. The molecule has 20 heavy (non-hydrogen) atoms. The average molecular weight is 283 g/mol. The van der Waals surface area contributed by atoms with Crippen molar-refractivity contribution in [2.75, 3.05) is 12.8 Å². The number of alkyl halides is 3. The Bertz CT molecular complexity index is 594. The molecule has 0 heterocycles. The van der Waals surface area contributed by atoms with Crippen LogP contribution in [0.1, 0.15) is 0 Å². The quantitative estimate of drug-likeness (QED) is 0.870. The molecule has 0 spiro atoms. The highest BCUT2D eigenvalue weighted by molar-refractivity contribution is 5.77. The first-order valence-electron chi connectivity index (χ1n) is 5.69. The van der Waals surface area contributed by atoms with Crippen molar-refractivity contribution < 1.29 is 22.6 Å². The molecular weight excluding hydrogens is 271 g/mol. The molecule has 0 amide bonds. The second-order valence-corrected chi connectivity index (χ2v) is 4.03. The van der Waals surface area contributed by atoms with Gasteiger partial charge in [-0.2, -0.15) is 0 Å². The third kappa shape index (κ3) is 3.34. The van der Waals surface area contributed by atoms with E-state index in [1.165, 1.54) is 31.4 Å². The average Bonchev–Trinajstić information content (AvgIpc) is 2.39. The number of nitrogens with two attached hydrogens (primary N) is 1. The second-order valence-electron chi connectivity index (χ2n) is 4.03. The highest BCUT2D eigenvalue weighted by Gasteiger charge is 2.30. The Kier molecular flexibility index (Phi) is 3.74. The lowest BCUT2D eigenvalue weighted by atomic mass is 10.0. The van der Waals surface area contributed by atoms with E-state index in [9.17, 15) is 13.2 Å². The van der Waals surface area contributed by atoms with Crippen LogP contribution in [-0.4, -0.2) is 13.5 Å². The van der Waals surface area contributed by atoms with Gasteiger partial charge < -0.3 is 15.2 Å². The number of benzene rings is 2. The normalized spacial score (nSPS) is 11.2. The van der Waals surface area contributed by atoms with E-state index in [1.807, 2.05) is 0 Å². The number of hydrogen-bond donors (Lipinski definition) is 1. The fourth-order valence-corrected chi connectivity index (χ4v) is 1.75. The summed E-state index contributed by atoms with van der Waals surface area (Å²) < 4.78 is 45.1. The van der Waals surface area contributed by atoms with Gasteiger partial charge in [0.05, 0.1) is 7.11 Å². The first-order chi connectivity index (χ1) is 9.39. The molecule has 0 aliphatic rings. The number of halogens is 3. The van der Waals surface area contributed by atoms with E-state index in [0.29, 0.717) is 22.6 Å². The standard InChI is InChI=1S/C14H12F3NO2/c1-19-11-6-7-13(18)12(8-11)9-2-4-10(5-3-9)20-14(15,16)17/h2-8H,18H2,1H3. The van der Waals surface area contributed by atoms with Crippen molar-refractivity contribution in [3.63, 3.8) is 0 Å². The van der Waals surface area contributed by atoms with Gasteiger partial charge in [-0.1, -0.05) is 12.1 Å². The lowest BCUT2D eigenvalue weighted by molar-refractivity contribution is -0.274. The molecular formula is C14H12F3NO2. The van der Waals surface area contributed by atoms with Crippen LogP contribution < -0.4 is 15.2 Å². The van der Waals surface area contributed by atoms with E-state index < -0.39 is 6.36 Å². The smallest absolute Gasteiger partial charge is 0.497 e. The molecule has 2 N–H and O–H groups in total. The molecule has 0 aliphatic carbocycles. The Balaban J connectivity index is 2.30. The summed E-state index contributed by atoms with van der Waals surface area (Å²) in [5.74, 6) is 0.340. The molecule has 0 aromatic heterocycles. The highest BCUT2D eigenvalue weighted by Crippen LogP contribution is 2.32. The van der Waals surface area contributed by atoms with Crippen LogP contribution in [0.15, 0.2) is 42.5 Å². The van der Waals surface area contributed by atoms with Crippen molar-refractivity contribution >= 4 is 5.69 Å². The third-order valence-electron chi connectivity index (χ3n) is 2.66. The Hall–Kier alpha value is -2.37. The first kappa shape index (κ1) is 14.0. The zero-order valence-corrected chi connectivity index (χ0v) is 10.6. The molecule has 0 fully saturated rings. The third-order valence-corrected chi connectivity index (χ3v) is 2.66. The van der Waals surface area contributed by atoms with E-state index in [0.717, 1.165) is 0 Å². The predicted molar refractivity (Wildman–Crippen MR) is 69.5 cm³/mol. The Labute approximate surface area is 113 Å². The number of nitrogen functional groups attached to an aromatic ring is 1. The topological polar surface area (TPSA) is 44.5 Å². The summed E-state index contributed by atoms with van der Waals surface area (Å²) in [7, 11) is 1.52. The van der Waals surface area contributed by atoms with Crippen molar-refractivity contribution in [2.24, 2.45) is 0 Å². The molecule has 0 unspecified atom stereocenters. The molecule has 6 heteroatoms. The van der Waals surface area contributed by atoms with Gasteiger partial charge in [-0.05, 0) is 35.9 Å². The van der Waals surface area contributed by atoms with Gasteiger partial charge in [0.25, 0.3) is 0 Å². The second kappa shape index (κ2) is 5.32. The minimum absolute atomic E-state index is 0.275. The van der Waals surface area contributed by atoms with Crippen LogP contribution in [0.5, 0.6) is 11.5 Å². The number of rotatable bonds is 3. The zero-order valence-electron chi connectivity index (χ0n) is 10.6. The number of anilines is 1. The SMILES string of the molecule is COc1ccc(N)c(-c2ccc(OC(F)(F)F)cc2)c1. The number of methoxy groups -OCH3 is 1. The molecule has 3 nitrogen and oxygen atoms in total. The minimum Gasteiger partial charge on any atom is -0.497 e. The Morgan fingerprint density at radius 1 is 0.950 bits per heavy atom. The number of ether oxygens (including phenoxy) is 2. The van der Waals surface area contributed by atoms with Crippen molar-refractivity contribution in [1.29, 1.82) is 0 Å². The van der Waals surface area contributed by atoms with E-state index >= 15 is 0 Å². The largest absolute Gasteiger partial charge is 0.573 e. The Morgan fingerprint density at radius 3 is 2.10 bits per heavy atom. The predicted octanol–water partition coefficient (Wildman–Crippen LogP) is 3.84. The molecule has 0 saturated heterocycles. The molecule has 2 aromatic rings. The van der Waals surface area contributed by atoms with Gasteiger partial charge in [-0.25, -0.2) is 0 Å². The fourth-order valence-electron chi connectivity index (χ4n) is 1.75. The molecule has 0 bridgehead atoms. The van der Waals surface area contributed by atoms with Crippen LogP contribution in [0.3, 0.4) is 0 Å². The maximum Gasteiger partial charge on any atom is 0.573 e. The van der Waals surface area contributed by atoms with Crippen LogP contribution in [0.4, 0.5) is 18.9 Å². The highest BCUT2D eigenvalue weighted by atomic mass is 19.4. The van der Waals surface area contributed by atoms with E-state index in [1.54, 1.807) is 18.2 Å². The van der Waals surface area contributed by atoms with Crippen molar-refractivity contribution in [3.8, 4) is 22.6 Å². The summed E-state index contributed by atoms with van der Waals surface area (Å²) >= 11 is 0. The van der Waals surface area contributed by atoms with Crippen LogP contribution in [-0.2, 0) is 0 Å². The monoisotopic (exact) mass is 283 g/mol. The number of hydrogen-bond acceptors (Lipinski definition) is 3. The van der Waals surface area contributed by atoms with Gasteiger partial charge in [0.15, 0.2) is 0 Å². The van der Waals surface area contributed by atoms with Crippen molar-refractivity contribution in [2.45, 2.75) is 6.36 Å². The molecule has 0 radical (unpaired) electrons. The van der Waals surface area contributed by atoms with E-state index in [2.05, 4.69) is 4.74 Å². The molecule has 0 aliphatic heterocycles. The lowest BCUT2D eigenvalue weighted by Crippen LogP contribution is -2.16. The summed E-state index contributed by atoms with van der Waals surface area (Å²) in [6.07, 6.45) is -4.70. The maximum atomic E-state index is 12.1. The maximum absolute atomic E-state index is 12.1. The van der Waals surface area contributed by atoms with Gasteiger partial charge in [0, 0.05) is 11.3 Å². The van der Waals surface area contributed by atoms with Crippen LogP contribution in [0.25, 0.3) is 11.1 Å². The van der Waals surface area contributed by atoms with Gasteiger partial charge in [-0.3, -0.25) is 0 Å². The van der Waals surface area contributed by atoms with Crippen LogP contribution in [0.2, 0.25) is 0 Å². The van der Waals surface area contributed by atoms with Crippen LogP contribution >= 0.6 is 0 Å². The van der Waals surface area contributed by atoms with Gasteiger partial charge in [0.1, 0.15) is 11.5 Å². The lowest BCUT2D eigenvalue weighted by Gasteiger charge is -2.11. The first-order valence-corrected chi connectivity index (χ1v) is 5.69. The van der Waals surface area contributed by atoms with Crippen molar-refractivity contribution in [1.82, 2.24) is 0 Å². The van der Waals surface area contributed by atoms with E-state index in [4.69, 9.17) is 10.5 Å². The molecule has 0 saturated carbocycles. The van der Waals surface area contributed by atoms with Gasteiger partial charge in [-0.15, -0.1) is 13.2 Å². The van der Waals surface area contributed by atoms with Gasteiger partial charge in [0.2, 0.25) is 0 Å². The summed E-state index contributed by atoms with van der Waals surface area (Å²) in [5.41, 5.74) is 7.72. The zero-order chi connectivity index (χ0) is 14.8. The fraction of sp³-hybridized carbons (Fsp3) is 0.143. The van der Waals surface area contributed by atoms with Crippen LogP contribution in [0, 0.1) is 0 Å².